The zero-order chi connectivity index (χ0) is 19.9. The lowest BCUT2D eigenvalue weighted by atomic mass is 10.2. The smallest absolute Gasteiger partial charge is 0.325 e. The quantitative estimate of drug-likeness (QED) is 0.506. The van der Waals surface area contributed by atoms with Crippen molar-refractivity contribution in [3.63, 3.8) is 0 Å². The fourth-order valence-electron chi connectivity index (χ4n) is 2.35. The van der Waals surface area contributed by atoms with Crippen molar-refractivity contribution in [1.82, 2.24) is 9.62 Å². The number of thioether (sulfide) groups is 1. The Morgan fingerprint density at radius 3 is 2.74 bits per heavy atom. The number of benzene rings is 1. The molecule has 1 aliphatic heterocycles. The number of rotatable bonds is 8. The normalized spacial score (nSPS) is 17.9. The van der Waals surface area contributed by atoms with E-state index in [2.05, 4.69) is 5.32 Å². The predicted molar refractivity (Wildman–Crippen MR) is 102 cm³/mol. The van der Waals surface area contributed by atoms with Crippen molar-refractivity contribution < 1.29 is 27.1 Å². The lowest BCUT2D eigenvalue weighted by Crippen LogP contribution is -2.45. The van der Waals surface area contributed by atoms with Crippen molar-refractivity contribution in [1.29, 1.82) is 0 Å². The van der Waals surface area contributed by atoms with E-state index >= 15 is 0 Å². The highest BCUT2D eigenvalue weighted by atomic mass is 32.2. The molecule has 1 aliphatic rings. The minimum absolute atomic E-state index is 0.0916. The van der Waals surface area contributed by atoms with Crippen LogP contribution in [-0.2, 0) is 24.3 Å². The van der Waals surface area contributed by atoms with E-state index in [1.807, 2.05) is 0 Å². The van der Waals surface area contributed by atoms with Gasteiger partial charge < -0.3 is 10.1 Å². The summed E-state index contributed by atoms with van der Waals surface area (Å²) in [6, 6.07) is 4.76. The average molecular weight is 416 g/mol. The Balaban J connectivity index is 1.85. The highest BCUT2D eigenvalue weighted by molar-refractivity contribution is 8.00. The van der Waals surface area contributed by atoms with E-state index in [1.54, 1.807) is 6.92 Å². The molecule has 1 unspecified atom stereocenters. The standard InChI is InChI=1S/C17H21FN2O5S2/c1-2-25-17(22)15-11-26-12-20(15)27(23,24)10-9-19-16(21)8-5-13-3-6-14(18)7-4-13/h3-8,15H,2,9-12H2,1H3,(H,19,21)/b8-5+. The number of amides is 1. The summed E-state index contributed by atoms with van der Waals surface area (Å²) >= 11 is 1.34. The third kappa shape index (κ3) is 6.33. The predicted octanol–water partition coefficient (Wildman–Crippen LogP) is 1.22. The lowest BCUT2D eigenvalue weighted by Gasteiger charge is -2.21. The van der Waals surface area contributed by atoms with Gasteiger partial charge in [-0.05, 0) is 30.7 Å². The number of nitrogens with one attached hydrogen (secondary N) is 1. The number of hydrogen-bond acceptors (Lipinski definition) is 6. The number of hydrogen-bond donors (Lipinski definition) is 1. The van der Waals surface area contributed by atoms with Crippen LogP contribution in [0.5, 0.6) is 0 Å². The molecule has 0 saturated carbocycles. The van der Waals surface area contributed by atoms with Crippen LogP contribution in [0.3, 0.4) is 0 Å². The summed E-state index contributed by atoms with van der Waals surface area (Å²) in [5.41, 5.74) is 0.644. The number of esters is 1. The third-order valence-electron chi connectivity index (χ3n) is 3.71. The highest BCUT2D eigenvalue weighted by Crippen LogP contribution is 2.25. The summed E-state index contributed by atoms with van der Waals surface area (Å²) in [5.74, 6) is -1.18. The highest BCUT2D eigenvalue weighted by Gasteiger charge is 2.39. The molecule has 1 heterocycles. The summed E-state index contributed by atoms with van der Waals surface area (Å²) in [7, 11) is -3.71. The molecule has 0 aromatic heterocycles. The first-order valence-corrected chi connectivity index (χ1v) is 11.0. The Bertz CT molecular complexity index is 796. The Morgan fingerprint density at radius 1 is 1.37 bits per heavy atom. The van der Waals surface area contributed by atoms with Crippen molar-refractivity contribution in [3.05, 3.63) is 41.7 Å². The van der Waals surface area contributed by atoms with E-state index < -0.39 is 27.9 Å². The van der Waals surface area contributed by atoms with Crippen LogP contribution in [-0.4, -0.2) is 61.2 Å². The number of sulfonamides is 1. The molecule has 27 heavy (non-hydrogen) atoms. The van der Waals surface area contributed by atoms with Crippen molar-refractivity contribution in [2.24, 2.45) is 0 Å². The maximum Gasteiger partial charge on any atom is 0.325 e. The van der Waals surface area contributed by atoms with Gasteiger partial charge in [0.2, 0.25) is 15.9 Å². The molecule has 0 spiro atoms. The van der Waals surface area contributed by atoms with Gasteiger partial charge in [-0.2, -0.15) is 4.31 Å². The molecule has 0 aliphatic carbocycles. The topological polar surface area (TPSA) is 92.8 Å². The number of carbonyl (C=O) groups excluding carboxylic acids is 2. The monoisotopic (exact) mass is 416 g/mol. The van der Waals surface area contributed by atoms with Crippen LogP contribution >= 0.6 is 11.8 Å². The van der Waals surface area contributed by atoms with Gasteiger partial charge in [-0.1, -0.05) is 12.1 Å². The molecule has 1 saturated heterocycles. The van der Waals surface area contributed by atoms with E-state index in [-0.39, 0.29) is 30.6 Å². The van der Waals surface area contributed by atoms with Gasteiger partial charge in [0, 0.05) is 18.4 Å². The molecule has 1 fully saturated rings. The van der Waals surface area contributed by atoms with Gasteiger partial charge in [0.25, 0.3) is 0 Å². The first-order valence-electron chi connectivity index (χ1n) is 8.29. The van der Waals surface area contributed by atoms with Gasteiger partial charge in [-0.25, -0.2) is 12.8 Å². The van der Waals surface area contributed by atoms with Gasteiger partial charge >= 0.3 is 5.97 Å². The van der Waals surface area contributed by atoms with Crippen molar-refractivity contribution in [2.75, 3.05) is 30.5 Å². The largest absolute Gasteiger partial charge is 0.465 e. The second kappa shape index (κ2) is 9.86. The molecule has 1 amide bonds. The fraction of sp³-hybridized carbons (Fsp3) is 0.412. The van der Waals surface area contributed by atoms with Crippen LogP contribution in [0.4, 0.5) is 4.39 Å². The molecule has 2 rings (SSSR count). The van der Waals surface area contributed by atoms with E-state index in [4.69, 9.17) is 4.74 Å². The second-order valence-electron chi connectivity index (χ2n) is 5.65. The van der Waals surface area contributed by atoms with Crippen molar-refractivity contribution in [2.45, 2.75) is 13.0 Å². The average Bonchev–Trinajstić information content (AvgIpc) is 3.12. The maximum absolute atomic E-state index is 12.8. The van der Waals surface area contributed by atoms with Crippen LogP contribution < -0.4 is 5.32 Å². The molecule has 1 aromatic rings. The first-order chi connectivity index (χ1) is 12.8. The number of ether oxygens (including phenoxy) is 1. The van der Waals surface area contributed by atoms with Crippen LogP contribution in [0.25, 0.3) is 6.08 Å². The molecular weight excluding hydrogens is 395 g/mol. The van der Waals surface area contributed by atoms with Crippen LogP contribution in [0.15, 0.2) is 30.3 Å². The van der Waals surface area contributed by atoms with Crippen LogP contribution in [0.2, 0.25) is 0 Å². The number of carbonyl (C=O) groups is 2. The van der Waals surface area contributed by atoms with Gasteiger partial charge in [0.05, 0.1) is 18.2 Å². The molecule has 148 valence electrons. The Morgan fingerprint density at radius 2 is 2.07 bits per heavy atom. The maximum atomic E-state index is 12.8. The molecule has 1 atom stereocenters. The first kappa shape index (κ1) is 21.4. The fourth-order valence-corrected chi connectivity index (χ4v) is 5.46. The zero-order valence-corrected chi connectivity index (χ0v) is 16.4. The van der Waals surface area contributed by atoms with E-state index in [1.165, 1.54) is 48.2 Å². The van der Waals surface area contributed by atoms with Crippen molar-refractivity contribution >= 4 is 39.7 Å². The number of nitrogens with zero attached hydrogens (tertiary/aromatic N) is 1. The molecular formula is C17H21FN2O5S2. The SMILES string of the molecule is CCOC(=O)C1CSCN1S(=O)(=O)CCNC(=O)/C=C/c1ccc(F)cc1. The molecule has 0 bridgehead atoms. The van der Waals surface area contributed by atoms with E-state index in [0.29, 0.717) is 11.3 Å². The summed E-state index contributed by atoms with van der Waals surface area (Å²) < 4.78 is 43.7. The molecule has 10 heteroatoms. The minimum atomic E-state index is -3.71. The van der Waals surface area contributed by atoms with Gasteiger partial charge in [-0.15, -0.1) is 11.8 Å². The number of halogens is 1. The van der Waals surface area contributed by atoms with Crippen LogP contribution in [0, 0.1) is 5.82 Å². The Labute approximate surface area is 162 Å². The summed E-state index contributed by atoms with van der Waals surface area (Å²) in [6.45, 7) is 1.75. The van der Waals surface area contributed by atoms with Crippen LogP contribution in [0.1, 0.15) is 12.5 Å². The molecule has 1 N–H and O–H groups in total. The Hall–Kier alpha value is -1.91. The Kier molecular flexibility index (Phi) is 7.81. The molecule has 0 radical (unpaired) electrons. The minimum Gasteiger partial charge on any atom is -0.465 e. The third-order valence-corrected chi connectivity index (χ3v) is 6.71. The van der Waals surface area contributed by atoms with Gasteiger partial charge in [0.15, 0.2) is 0 Å². The van der Waals surface area contributed by atoms with Gasteiger partial charge in [-0.3, -0.25) is 9.59 Å². The lowest BCUT2D eigenvalue weighted by molar-refractivity contribution is -0.146. The van der Waals surface area contributed by atoms with Gasteiger partial charge in [0.1, 0.15) is 11.9 Å². The van der Waals surface area contributed by atoms with Crippen molar-refractivity contribution in [3.8, 4) is 0 Å². The second-order valence-corrected chi connectivity index (χ2v) is 8.69. The molecule has 7 nitrogen and oxygen atoms in total. The van der Waals surface area contributed by atoms with E-state index in [9.17, 15) is 22.4 Å². The van der Waals surface area contributed by atoms with E-state index in [0.717, 1.165) is 4.31 Å². The summed E-state index contributed by atoms with van der Waals surface area (Å²) in [5, 5.41) is 2.48. The molecule has 1 aromatic carbocycles. The zero-order valence-electron chi connectivity index (χ0n) is 14.8. The summed E-state index contributed by atoms with van der Waals surface area (Å²) in [4.78, 5) is 23.7. The summed E-state index contributed by atoms with van der Waals surface area (Å²) in [6.07, 6.45) is 2.74.